The van der Waals surface area contributed by atoms with Crippen LogP contribution in [0.5, 0.6) is 0 Å². The number of morpholine rings is 1. The smallest absolute Gasteiger partial charge is 0.0645 e. The Kier molecular flexibility index (Phi) is 4.08. The molecular formula is C13H25NO3. The molecule has 0 saturated carbocycles. The van der Waals surface area contributed by atoms with Crippen LogP contribution in [0.4, 0.5) is 0 Å². The van der Waals surface area contributed by atoms with Crippen molar-refractivity contribution in [2.75, 3.05) is 46.1 Å². The summed E-state index contributed by atoms with van der Waals surface area (Å²) >= 11 is 0. The molecule has 2 saturated heterocycles. The first-order chi connectivity index (χ1) is 8.08. The maximum atomic E-state index is 9.73. The highest BCUT2D eigenvalue weighted by molar-refractivity contribution is 4.91. The number of nitrogens with zero attached hydrogens (tertiary/aromatic N) is 1. The first-order valence-corrected chi connectivity index (χ1v) is 6.59. The van der Waals surface area contributed by atoms with E-state index in [2.05, 4.69) is 18.7 Å². The van der Waals surface area contributed by atoms with Crippen molar-refractivity contribution < 1.29 is 14.6 Å². The summed E-state index contributed by atoms with van der Waals surface area (Å²) in [5, 5.41) is 9.73. The molecule has 4 nitrogen and oxygen atoms in total. The van der Waals surface area contributed by atoms with Crippen molar-refractivity contribution in [1.29, 1.82) is 0 Å². The zero-order valence-corrected chi connectivity index (χ0v) is 11.1. The molecular weight excluding hydrogens is 218 g/mol. The number of rotatable bonds is 3. The van der Waals surface area contributed by atoms with Gasteiger partial charge < -0.3 is 14.6 Å². The third kappa shape index (κ3) is 2.99. The molecule has 0 bridgehead atoms. The molecule has 0 amide bonds. The van der Waals surface area contributed by atoms with Crippen molar-refractivity contribution in [3.05, 3.63) is 0 Å². The standard InChI is InChI=1S/C13H25NO3/c1-12(2)11-17-8-5-14(12)9-13(10-15)3-6-16-7-4-13/h15H,3-11H2,1-2H3. The van der Waals surface area contributed by atoms with Gasteiger partial charge >= 0.3 is 0 Å². The van der Waals surface area contributed by atoms with E-state index >= 15 is 0 Å². The maximum absolute atomic E-state index is 9.73. The molecule has 2 rings (SSSR count). The highest BCUT2D eigenvalue weighted by Gasteiger charge is 2.39. The van der Waals surface area contributed by atoms with Gasteiger partial charge in [-0.05, 0) is 26.7 Å². The van der Waals surface area contributed by atoms with Crippen LogP contribution in [-0.2, 0) is 9.47 Å². The molecule has 0 atom stereocenters. The van der Waals surface area contributed by atoms with Crippen LogP contribution in [0, 0.1) is 5.41 Å². The van der Waals surface area contributed by atoms with E-state index in [9.17, 15) is 5.11 Å². The van der Waals surface area contributed by atoms with Gasteiger partial charge in [0.15, 0.2) is 0 Å². The van der Waals surface area contributed by atoms with Gasteiger partial charge in [0.1, 0.15) is 0 Å². The van der Waals surface area contributed by atoms with E-state index in [4.69, 9.17) is 9.47 Å². The minimum atomic E-state index is 0.0346. The Labute approximate surface area is 104 Å². The lowest BCUT2D eigenvalue weighted by atomic mass is 9.79. The molecule has 1 N–H and O–H groups in total. The molecule has 4 heteroatoms. The molecule has 0 aromatic rings. The molecule has 2 aliphatic heterocycles. The van der Waals surface area contributed by atoms with Gasteiger partial charge in [-0.15, -0.1) is 0 Å². The molecule has 0 radical (unpaired) electrons. The lowest BCUT2D eigenvalue weighted by Gasteiger charge is -2.48. The molecule has 0 spiro atoms. The molecule has 0 aromatic heterocycles. The quantitative estimate of drug-likeness (QED) is 0.799. The fourth-order valence-electron chi connectivity index (χ4n) is 2.76. The highest BCUT2D eigenvalue weighted by Crippen LogP contribution is 2.33. The van der Waals surface area contributed by atoms with Gasteiger partial charge in [0.05, 0.1) is 19.8 Å². The summed E-state index contributed by atoms with van der Waals surface area (Å²) in [6.45, 7) is 9.79. The van der Waals surface area contributed by atoms with Crippen molar-refractivity contribution in [3.63, 3.8) is 0 Å². The first-order valence-electron chi connectivity index (χ1n) is 6.59. The second kappa shape index (κ2) is 5.22. The van der Waals surface area contributed by atoms with E-state index < -0.39 is 0 Å². The second-order valence-corrected chi connectivity index (χ2v) is 6.06. The predicted molar refractivity (Wildman–Crippen MR) is 66.0 cm³/mol. The van der Waals surface area contributed by atoms with Crippen molar-refractivity contribution in [2.24, 2.45) is 5.41 Å². The molecule has 100 valence electrons. The summed E-state index contributed by atoms with van der Waals surface area (Å²) in [7, 11) is 0. The zero-order chi connectivity index (χ0) is 12.4. The van der Waals surface area contributed by atoms with Gasteiger partial charge in [-0.25, -0.2) is 0 Å². The Bertz CT molecular complexity index is 249. The molecule has 0 aliphatic carbocycles. The summed E-state index contributed by atoms with van der Waals surface area (Å²) in [4.78, 5) is 2.47. The molecule has 2 fully saturated rings. The van der Waals surface area contributed by atoms with Crippen LogP contribution in [0.2, 0.25) is 0 Å². The second-order valence-electron chi connectivity index (χ2n) is 6.06. The summed E-state index contributed by atoms with van der Waals surface area (Å²) in [5.74, 6) is 0. The topological polar surface area (TPSA) is 41.9 Å². The Balaban J connectivity index is 2.01. The SMILES string of the molecule is CC1(C)COCCN1CC1(CO)CCOCC1. The summed E-state index contributed by atoms with van der Waals surface area (Å²) < 4.78 is 11.0. The predicted octanol–water partition coefficient (Wildman–Crippen LogP) is 0.886. The van der Waals surface area contributed by atoms with Gasteiger partial charge in [-0.3, -0.25) is 4.90 Å². The van der Waals surface area contributed by atoms with Crippen LogP contribution >= 0.6 is 0 Å². The third-order valence-corrected chi connectivity index (χ3v) is 4.23. The van der Waals surface area contributed by atoms with Gasteiger partial charge in [0.2, 0.25) is 0 Å². The number of aliphatic hydroxyl groups is 1. The van der Waals surface area contributed by atoms with E-state index in [-0.39, 0.29) is 17.6 Å². The fourth-order valence-corrected chi connectivity index (χ4v) is 2.76. The van der Waals surface area contributed by atoms with E-state index in [0.717, 1.165) is 52.4 Å². The summed E-state index contributed by atoms with van der Waals surface area (Å²) in [6, 6.07) is 0. The number of hydrogen-bond donors (Lipinski definition) is 1. The number of aliphatic hydroxyl groups excluding tert-OH is 1. The molecule has 0 aromatic carbocycles. The first kappa shape index (κ1) is 13.3. The number of ether oxygens (including phenoxy) is 2. The largest absolute Gasteiger partial charge is 0.396 e. The number of hydrogen-bond acceptors (Lipinski definition) is 4. The van der Waals surface area contributed by atoms with Crippen LogP contribution in [0.1, 0.15) is 26.7 Å². The zero-order valence-electron chi connectivity index (χ0n) is 11.1. The minimum absolute atomic E-state index is 0.0346. The van der Waals surface area contributed by atoms with Crippen LogP contribution in [0.25, 0.3) is 0 Å². The van der Waals surface area contributed by atoms with E-state index in [1.807, 2.05) is 0 Å². The highest BCUT2D eigenvalue weighted by atomic mass is 16.5. The average molecular weight is 243 g/mol. The Morgan fingerprint density at radius 2 is 1.82 bits per heavy atom. The Morgan fingerprint density at radius 3 is 2.41 bits per heavy atom. The lowest BCUT2D eigenvalue weighted by Crippen LogP contribution is -2.57. The molecule has 0 unspecified atom stereocenters. The van der Waals surface area contributed by atoms with Crippen LogP contribution in [-0.4, -0.2) is 61.7 Å². The van der Waals surface area contributed by atoms with Crippen LogP contribution < -0.4 is 0 Å². The van der Waals surface area contributed by atoms with E-state index in [0.29, 0.717) is 0 Å². The molecule has 2 heterocycles. The molecule has 17 heavy (non-hydrogen) atoms. The average Bonchev–Trinajstić information content (AvgIpc) is 2.33. The normalized spacial score (nSPS) is 29.1. The van der Waals surface area contributed by atoms with Gasteiger partial charge in [0, 0.05) is 37.3 Å². The fraction of sp³-hybridized carbons (Fsp3) is 1.00. The van der Waals surface area contributed by atoms with E-state index in [1.165, 1.54) is 0 Å². The van der Waals surface area contributed by atoms with Gasteiger partial charge in [-0.1, -0.05) is 0 Å². The lowest BCUT2D eigenvalue weighted by molar-refractivity contribution is -0.0960. The minimum Gasteiger partial charge on any atom is -0.396 e. The van der Waals surface area contributed by atoms with Crippen molar-refractivity contribution in [1.82, 2.24) is 4.90 Å². The summed E-state index contributed by atoms with van der Waals surface area (Å²) in [6.07, 6.45) is 1.94. The van der Waals surface area contributed by atoms with E-state index in [1.54, 1.807) is 0 Å². The van der Waals surface area contributed by atoms with Crippen molar-refractivity contribution in [3.8, 4) is 0 Å². The van der Waals surface area contributed by atoms with Crippen LogP contribution in [0.3, 0.4) is 0 Å². The Morgan fingerprint density at radius 1 is 1.12 bits per heavy atom. The maximum Gasteiger partial charge on any atom is 0.0645 e. The van der Waals surface area contributed by atoms with Gasteiger partial charge in [0.25, 0.3) is 0 Å². The monoisotopic (exact) mass is 243 g/mol. The van der Waals surface area contributed by atoms with Crippen molar-refractivity contribution in [2.45, 2.75) is 32.2 Å². The summed E-state index contributed by atoms with van der Waals surface area (Å²) in [5.41, 5.74) is 0.117. The van der Waals surface area contributed by atoms with Crippen LogP contribution in [0.15, 0.2) is 0 Å². The van der Waals surface area contributed by atoms with Gasteiger partial charge in [-0.2, -0.15) is 0 Å². The van der Waals surface area contributed by atoms with Crippen molar-refractivity contribution >= 4 is 0 Å². The molecule has 2 aliphatic rings. The Hall–Kier alpha value is -0.160. The third-order valence-electron chi connectivity index (χ3n) is 4.23.